The van der Waals surface area contributed by atoms with Crippen LogP contribution in [0.3, 0.4) is 0 Å². The van der Waals surface area contributed by atoms with Crippen molar-refractivity contribution in [3.8, 4) is 0 Å². The second-order valence-electron chi connectivity index (χ2n) is 7.17. The van der Waals surface area contributed by atoms with Gasteiger partial charge in [-0.2, -0.15) is 0 Å². The minimum Gasteiger partial charge on any atom is -0.339 e. The first-order chi connectivity index (χ1) is 9.12. The molecular formula is C14H26N2O3S. The number of nitrogens with one attached hydrogen (secondary N) is 1. The lowest BCUT2D eigenvalue weighted by Crippen LogP contribution is -2.48. The van der Waals surface area contributed by atoms with E-state index in [1.165, 1.54) is 0 Å². The van der Waals surface area contributed by atoms with E-state index in [-0.39, 0.29) is 23.1 Å². The Morgan fingerprint density at radius 3 is 2.45 bits per heavy atom. The maximum absolute atomic E-state index is 12.2. The van der Waals surface area contributed by atoms with Crippen LogP contribution in [0.15, 0.2) is 0 Å². The van der Waals surface area contributed by atoms with E-state index in [1.807, 2.05) is 20.8 Å². The first-order valence-corrected chi connectivity index (χ1v) is 9.08. The third-order valence-corrected chi connectivity index (χ3v) is 6.13. The van der Waals surface area contributed by atoms with Crippen LogP contribution >= 0.6 is 0 Å². The van der Waals surface area contributed by atoms with E-state index in [0.29, 0.717) is 18.9 Å². The average molecular weight is 302 g/mol. The van der Waals surface area contributed by atoms with Gasteiger partial charge in [0.2, 0.25) is 15.9 Å². The number of carbonyl (C=O) groups excluding carboxylic acids is 1. The SMILES string of the molecule is CC1CC(C)(CS(=O)(=O)NC2CCN(C(C)C)C2=O)C1. The molecule has 20 heavy (non-hydrogen) atoms. The van der Waals surface area contributed by atoms with Gasteiger partial charge in [-0.1, -0.05) is 13.8 Å². The van der Waals surface area contributed by atoms with Gasteiger partial charge in [-0.25, -0.2) is 13.1 Å². The van der Waals surface area contributed by atoms with Gasteiger partial charge in [-0.3, -0.25) is 4.79 Å². The number of carbonyl (C=O) groups is 1. The van der Waals surface area contributed by atoms with Crippen molar-refractivity contribution in [3.05, 3.63) is 0 Å². The predicted molar refractivity (Wildman–Crippen MR) is 78.7 cm³/mol. The average Bonchev–Trinajstić information content (AvgIpc) is 2.56. The van der Waals surface area contributed by atoms with E-state index >= 15 is 0 Å². The zero-order chi connectivity index (χ0) is 15.1. The molecule has 0 radical (unpaired) electrons. The van der Waals surface area contributed by atoms with E-state index in [9.17, 15) is 13.2 Å². The summed E-state index contributed by atoms with van der Waals surface area (Å²) in [6.07, 6.45) is 2.47. The Balaban J connectivity index is 1.94. The smallest absolute Gasteiger partial charge is 0.241 e. The summed E-state index contributed by atoms with van der Waals surface area (Å²) in [6, 6.07) is -0.439. The van der Waals surface area contributed by atoms with Crippen molar-refractivity contribution >= 4 is 15.9 Å². The molecule has 5 nitrogen and oxygen atoms in total. The highest BCUT2D eigenvalue weighted by Gasteiger charge is 2.43. The van der Waals surface area contributed by atoms with Crippen LogP contribution in [0.4, 0.5) is 0 Å². The molecule has 116 valence electrons. The van der Waals surface area contributed by atoms with Crippen LogP contribution in [-0.2, 0) is 14.8 Å². The highest BCUT2D eigenvalue weighted by molar-refractivity contribution is 7.89. The van der Waals surface area contributed by atoms with E-state index in [0.717, 1.165) is 12.8 Å². The number of sulfonamides is 1. The molecule has 1 aliphatic heterocycles. The molecule has 1 heterocycles. The van der Waals surface area contributed by atoms with Gasteiger partial charge in [-0.15, -0.1) is 0 Å². The van der Waals surface area contributed by atoms with Gasteiger partial charge < -0.3 is 4.90 Å². The summed E-state index contributed by atoms with van der Waals surface area (Å²) in [5, 5.41) is 0. The summed E-state index contributed by atoms with van der Waals surface area (Å²) in [6.45, 7) is 8.70. The van der Waals surface area contributed by atoms with Crippen molar-refractivity contribution in [2.45, 2.75) is 59.0 Å². The summed E-state index contributed by atoms with van der Waals surface area (Å²) in [4.78, 5) is 13.9. The molecule has 1 unspecified atom stereocenters. The highest BCUT2D eigenvalue weighted by Crippen LogP contribution is 2.45. The molecule has 0 spiro atoms. The van der Waals surface area contributed by atoms with Crippen LogP contribution in [0.5, 0.6) is 0 Å². The second kappa shape index (κ2) is 5.30. The fraction of sp³-hybridized carbons (Fsp3) is 0.929. The minimum atomic E-state index is -3.39. The van der Waals surface area contributed by atoms with Gasteiger partial charge in [-0.05, 0) is 44.4 Å². The zero-order valence-corrected chi connectivity index (χ0v) is 13.7. The summed E-state index contributed by atoms with van der Waals surface area (Å²) in [5.74, 6) is 0.658. The molecule has 2 fully saturated rings. The minimum absolute atomic E-state index is 0.0873. The van der Waals surface area contributed by atoms with Crippen molar-refractivity contribution in [3.63, 3.8) is 0 Å². The molecule has 1 N–H and O–H groups in total. The standard InChI is InChI=1S/C14H26N2O3S/c1-10(2)16-6-5-12(13(16)17)15-20(18,19)9-14(4)7-11(3)8-14/h10-12,15H,5-9H2,1-4H3. The third-order valence-electron chi connectivity index (χ3n) is 4.41. The summed E-state index contributed by atoms with van der Waals surface area (Å²) >= 11 is 0. The Morgan fingerprint density at radius 2 is 2.00 bits per heavy atom. The highest BCUT2D eigenvalue weighted by atomic mass is 32.2. The molecule has 1 atom stereocenters. The van der Waals surface area contributed by atoms with Crippen LogP contribution in [0.1, 0.15) is 47.0 Å². The largest absolute Gasteiger partial charge is 0.339 e. The van der Waals surface area contributed by atoms with E-state index in [2.05, 4.69) is 11.6 Å². The van der Waals surface area contributed by atoms with Crippen molar-refractivity contribution in [1.29, 1.82) is 0 Å². The topological polar surface area (TPSA) is 66.5 Å². The number of hydrogen-bond donors (Lipinski definition) is 1. The van der Waals surface area contributed by atoms with Gasteiger partial charge >= 0.3 is 0 Å². The molecule has 2 rings (SSSR count). The van der Waals surface area contributed by atoms with Crippen LogP contribution in [-0.4, -0.2) is 43.6 Å². The number of likely N-dealkylation sites (tertiary alicyclic amines) is 1. The molecule has 0 aromatic carbocycles. The first-order valence-electron chi connectivity index (χ1n) is 7.42. The molecular weight excluding hydrogens is 276 g/mol. The monoisotopic (exact) mass is 302 g/mol. The molecule has 0 aromatic rings. The Labute approximate surface area is 122 Å². The summed E-state index contributed by atoms with van der Waals surface area (Å²) in [7, 11) is -3.39. The van der Waals surface area contributed by atoms with E-state index < -0.39 is 16.1 Å². The van der Waals surface area contributed by atoms with Crippen molar-refractivity contribution in [2.24, 2.45) is 11.3 Å². The van der Waals surface area contributed by atoms with E-state index in [4.69, 9.17) is 0 Å². The summed E-state index contributed by atoms with van der Waals surface area (Å²) in [5.41, 5.74) is -0.120. The van der Waals surface area contributed by atoms with Crippen LogP contribution < -0.4 is 4.72 Å². The lowest BCUT2D eigenvalue weighted by atomic mass is 9.65. The molecule has 1 saturated carbocycles. The van der Waals surface area contributed by atoms with Crippen LogP contribution in [0.2, 0.25) is 0 Å². The Morgan fingerprint density at radius 1 is 1.40 bits per heavy atom. The van der Waals surface area contributed by atoms with Gasteiger partial charge in [0.25, 0.3) is 0 Å². The van der Waals surface area contributed by atoms with Gasteiger partial charge in [0.15, 0.2) is 0 Å². The third kappa shape index (κ3) is 3.34. The van der Waals surface area contributed by atoms with Gasteiger partial charge in [0.1, 0.15) is 6.04 Å². The predicted octanol–water partition coefficient (Wildman–Crippen LogP) is 1.35. The quantitative estimate of drug-likeness (QED) is 0.833. The fourth-order valence-electron chi connectivity index (χ4n) is 3.78. The number of amides is 1. The molecule has 1 amide bonds. The number of hydrogen-bond acceptors (Lipinski definition) is 3. The lowest BCUT2D eigenvalue weighted by Gasteiger charge is -2.43. The molecule has 2 aliphatic rings. The Hall–Kier alpha value is -0.620. The van der Waals surface area contributed by atoms with Crippen molar-refractivity contribution in [2.75, 3.05) is 12.3 Å². The molecule has 6 heteroatoms. The maximum Gasteiger partial charge on any atom is 0.241 e. The fourth-order valence-corrected chi connectivity index (χ4v) is 5.67. The van der Waals surface area contributed by atoms with Crippen molar-refractivity contribution in [1.82, 2.24) is 9.62 Å². The van der Waals surface area contributed by atoms with Crippen molar-refractivity contribution < 1.29 is 13.2 Å². The molecule has 0 bridgehead atoms. The van der Waals surface area contributed by atoms with Gasteiger partial charge in [0.05, 0.1) is 5.75 Å². The number of nitrogens with zero attached hydrogens (tertiary/aromatic N) is 1. The number of rotatable bonds is 5. The Bertz CT molecular complexity index is 481. The lowest BCUT2D eigenvalue weighted by molar-refractivity contribution is -0.130. The van der Waals surface area contributed by atoms with E-state index in [1.54, 1.807) is 4.90 Å². The normalized spacial score (nSPS) is 34.6. The van der Waals surface area contributed by atoms with Crippen LogP contribution in [0.25, 0.3) is 0 Å². The molecule has 1 saturated heterocycles. The van der Waals surface area contributed by atoms with Crippen LogP contribution in [0, 0.1) is 11.3 Å². The zero-order valence-electron chi connectivity index (χ0n) is 12.8. The molecule has 1 aliphatic carbocycles. The Kier molecular flexibility index (Phi) is 4.17. The maximum atomic E-state index is 12.2. The van der Waals surface area contributed by atoms with Gasteiger partial charge in [0, 0.05) is 12.6 Å². The summed E-state index contributed by atoms with van der Waals surface area (Å²) < 4.78 is 27.1. The second-order valence-corrected chi connectivity index (χ2v) is 8.92. The molecule has 0 aromatic heterocycles. The first kappa shape index (κ1) is 15.8.